The maximum atomic E-state index is 12.2. The Kier molecular flexibility index (Phi) is 7.97. The number of esters is 1. The number of benzene rings is 3. The Balaban J connectivity index is 1.20. The fourth-order valence-corrected chi connectivity index (χ4v) is 3.44. The maximum absolute atomic E-state index is 12.2. The molecule has 0 bridgehead atoms. The molecule has 0 aliphatic carbocycles. The van der Waals surface area contributed by atoms with E-state index in [0.717, 1.165) is 16.5 Å². The van der Waals surface area contributed by atoms with Crippen LogP contribution in [0.2, 0.25) is 0 Å². The summed E-state index contributed by atoms with van der Waals surface area (Å²) in [6.45, 7) is 2.32. The first-order valence-corrected chi connectivity index (χ1v) is 11.4. The lowest BCUT2D eigenvalue weighted by molar-refractivity contribution is -0.124. The van der Waals surface area contributed by atoms with Crippen molar-refractivity contribution in [2.24, 2.45) is 0 Å². The van der Waals surface area contributed by atoms with E-state index >= 15 is 0 Å². The van der Waals surface area contributed by atoms with E-state index in [-0.39, 0.29) is 13.2 Å². The summed E-state index contributed by atoms with van der Waals surface area (Å²) < 4.78 is 21.6. The molecule has 3 aromatic carbocycles. The molecular weight excluding hydrogens is 462 g/mol. The van der Waals surface area contributed by atoms with Crippen molar-refractivity contribution in [1.82, 2.24) is 5.32 Å². The van der Waals surface area contributed by atoms with Gasteiger partial charge in [-0.3, -0.25) is 4.79 Å². The van der Waals surface area contributed by atoms with E-state index in [9.17, 15) is 14.4 Å². The van der Waals surface area contributed by atoms with Crippen molar-refractivity contribution in [3.05, 3.63) is 106 Å². The van der Waals surface area contributed by atoms with Gasteiger partial charge in [-0.25, -0.2) is 9.59 Å². The highest BCUT2D eigenvalue weighted by atomic mass is 16.5. The summed E-state index contributed by atoms with van der Waals surface area (Å²) in [6, 6.07) is 22.7. The van der Waals surface area contributed by atoms with Crippen LogP contribution in [0, 0.1) is 6.92 Å². The molecule has 0 aliphatic rings. The standard InChI is InChI=1S/C28H25NO7/c1-19-15-27(31)36-25-16-23(11-12-24(19)25)34-17-20-7-9-21(10-8-20)28(32)35-18-26(30)29-13-14-33-22-5-3-2-4-6-22/h2-12,15-16H,13-14,17-18H2,1H3,(H,29,30). The van der Waals surface area contributed by atoms with Crippen LogP contribution < -0.4 is 20.4 Å². The third kappa shape index (κ3) is 6.73. The van der Waals surface area contributed by atoms with Gasteiger partial charge in [-0.2, -0.15) is 0 Å². The van der Waals surface area contributed by atoms with Crippen molar-refractivity contribution >= 4 is 22.8 Å². The summed E-state index contributed by atoms with van der Waals surface area (Å²) >= 11 is 0. The van der Waals surface area contributed by atoms with Gasteiger partial charge in [-0.05, 0) is 54.4 Å². The number of para-hydroxylation sites is 1. The van der Waals surface area contributed by atoms with Crippen LogP contribution >= 0.6 is 0 Å². The fraction of sp³-hybridized carbons (Fsp3) is 0.179. The van der Waals surface area contributed by atoms with Gasteiger partial charge in [0.05, 0.1) is 12.1 Å². The zero-order valence-corrected chi connectivity index (χ0v) is 19.7. The van der Waals surface area contributed by atoms with Crippen molar-refractivity contribution < 1.29 is 28.2 Å². The van der Waals surface area contributed by atoms with Gasteiger partial charge in [0.25, 0.3) is 5.91 Å². The number of fused-ring (bicyclic) bond motifs is 1. The highest BCUT2D eigenvalue weighted by molar-refractivity contribution is 5.91. The summed E-state index contributed by atoms with van der Waals surface area (Å²) in [7, 11) is 0. The molecule has 0 unspecified atom stereocenters. The molecule has 0 spiro atoms. The number of carbonyl (C=O) groups is 2. The van der Waals surface area contributed by atoms with E-state index in [0.29, 0.717) is 35.8 Å². The van der Waals surface area contributed by atoms with Crippen LogP contribution in [0.3, 0.4) is 0 Å². The Hall–Kier alpha value is -4.59. The molecule has 0 atom stereocenters. The van der Waals surface area contributed by atoms with Crippen LogP contribution in [0.15, 0.2) is 88.1 Å². The zero-order chi connectivity index (χ0) is 25.3. The van der Waals surface area contributed by atoms with E-state index in [1.807, 2.05) is 43.3 Å². The molecule has 4 aromatic rings. The lowest BCUT2D eigenvalue weighted by atomic mass is 10.1. The predicted molar refractivity (Wildman–Crippen MR) is 133 cm³/mol. The number of rotatable bonds is 10. The van der Waals surface area contributed by atoms with Gasteiger partial charge in [0.1, 0.15) is 30.3 Å². The van der Waals surface area contributed by atoms with Crippen molar-refractivity contribution in [3.8, 4) is 11.5 Å². The molecule has 184 valence electrons. The van der Waals surface area contributed by atoms with Crippen molar-refractivity contribution in [2.75, 3.05) is 19.8 Å². The van der Waals surface area contributed by atoms with Crippen LogP contribution in [0.25, 0.3) is 11.0 Å². The Labute approximate surface area is 207 Å². The first kappa shape index (κ1) is 24.5. The van der Waals surface area contributed by atoms with Crippen molar-refractivity contribution in [3.63, 3.8) is 0 Å². The third-order valence-electron chi connectivity index (χ3n) is 5.29. The third-order valence-corrected chi connectivity index (χ3v) is 5.29. The van der Waals surface area contributed by atoms with E-state index in [4.69, 9.17) is 18.6 Å². The minimum atomic E-state index is -0.599. The van der Waals surface area contributed by atoms with Gasteiger partial charge in [0, 0.05) is 17.5 Å². The number of hydrogen-bond donors (Lipinski definition) is 1. The number of nitrogens with one attached hydrogen (secondary N) is 1. The van der Waals surface area contributed by atoms with Gasteiger partial charge in [0.15, 0.2) is 6.61 Å². The number of carbonyl (C=O) groups excluding carboxylic acids is 2. The lowest BCUT2D eigenvalue weighted by Gasteiger charge is -2.09. The van der Waals surface area contributed by atoms with E-state index in [1.54, 1.807) is 36.4 Å². The average molecular weight is 488 g/mol. The largest absolute Gasteiger partial charge is 0.492 e. The Morgan fingerprint density at radius 3 is 2.44 bits per heavy atom. The fourth-order valence-electron chi connectivity index (χ4n) is 3.44. The second-order valence-corrected chi connectivity index (χ2v) is 7.98. The highest BCUT2D eigenvalue weighted by Gasteiger charge is 2.11. The predicted octanol–water partition coefficient (Wildman–Crippen LogP) is 4.03. The van der Waals surface area contributed by atoms with Crippen LogP contribution in [-0.4, -0.2) is 31.6 Å². The molecular formula is C28H25NO7. The quantitative estimate of drug-likeness (QED) is 0.205. The van der Waals surface area contributed by atoms with E-state index in [2.05, 4.69) is 5.32 Å². The van der Waals surface area contributed by atoms with Crippen LogP contribution in [-0.2, 0) is 16.1 Å². The Bertz CT molecular complexity index is 1400. The summed E-state index contributed by atoms with van der Waals surface area (Å²) in [5.41, 5.74) is 2.04. The van der Waals surface area contributed by atoms with Crippen LogP contribution in [0.5, 0.6) is 11.5 Å². The smallest absolute Gasteiger partial charge is 0.338 e. The number of hydrogen-bond acceptors (Lipinski definition) is 7. The topological polar surface area (TPSA) is 104 Å². The number of aryl methyl sites for hydroxylation is 1. The lowest BCUT2D eigenvalue weighted by Crippen LogP contribution is -2.32. The molecule has 1 amide bonds. The number of amides is 1. The monoisotopic (exact) mass is 487 g/mol. The summed E-state index contributed by atoms with van der Waals surface area (Å²) in [5.74, 6) is 0.261. The molecule has 1 N–H and O–H groups in total. The summed E-state index contributed by atoms with van der Waals surface area (Å²) in [4.78, 5) is 35.7. The minimum absolute atomic E-state index is 0.254. The molecule has 1 heterocycles. The SMILES string of the molecule is Cc1cc(=O)oc2cc(OCc3ccc(C(=O)OCC(=O)NCCOc4ccccc4)cc3)ccc12. The molecule has 0 saturated carbocycles. The van der Waals surface area contributed by atoms with Gasteiger partial charge >= 0.3 is 11.6 Å². The molecule has 0 aliphatic heterocycles. The number of ether oxygens (including phenoxy) is 3. The van der Waals surface area contributed by atoms with E-state index < -0.39 is 17.5 Å². The first-order valence-electron chi connectivity index (χ1n) is 11.4. The molecule has 0 radical (unpaired) electrons. The minimum Gasteiger partial charge on any atom is -0.492 e. The van der Waals surface area contributed by atoms with Crippen molar-refractivity contribution in [1.29, 1.82) is 0 Å². The van der Waals surface area contributed by atoms with Gasteiger partial charge in [0.2, 0.25) is 0 Å². The molecule has 8 nitrogen and oxygen atoms in total. The maximum Gasteiger partial charge on any atom is 0.338 e. The summed E-state index contributed by atoms with van der Waals surface area (Å²) in [6.07, 6.45) is 0. The molecule has 8 heteroatoms. The first-order chi connectivity index (χ1) is 17.5. The van der Waals surface area contributed by atoms with Crippen LogP contribution in [0.1, 0.15) is 21.5 Å². The van der Waals surface area contributed by atoms with Crippen LogP contribution in [0.4, 0.5) is 0 Å². The van der Waals surface area contributed by atoms with Gasteiger partial charge in [-0.15, -0.1) is 0 Å². The Morgan fingerprint density at radius 2 is 1.67 bits per heavy atom. The molecule has 36 heavy (non-hydrogen) atoms. The Morgan fingerprint density at radius 1 is 0.889 bits per heavy atom. The second-order valence-electron chi connectivity index (χ2n) is 7.98. The molecule has 4 rings (SSSR count). The van der Waals surface area contributed by atoms with Gasteiger partial charge in [-0.1, -0.05) is 30.3 Å². The average Bonchev–Trinajstić information content (AvgIpc) is 2.89. The van der Waals surface area contributed by atoms with Crippen molar-refractivity contribution in [2.45, 2.75) is 13.5 Å². The van der Waals surface area contributed by atoms with E-state index in [1.165, 1.54) is 6.07 Å². The molecule has 0 fully saturated rings. The second kappa shape index (κ2) is 11.7. The zero-order valence-electron chi connectivity index (χ0n) is 19.7. The highest BCUT2D eigenvalue weighted by Crippen LogP contribution is 2.23. The summed E-state index contributed by atoms with van der Waals surface area (Å²) in [5, 5.41) is 3.48. The normalized spacial score (nSPS) is 10.6. The van der Waals surface area contributed by atoms with Gasteiger partial charge < -0.3 is 23.9 Å². The molecule has 1 aromatic heterocycles. The molecule has 0 saturated heterocycles.